The highest BCUT2D eigenvalue weighted by molar-refractivity contribution is 7.98. The fourth-order valence-electron chi connectivity index (χ4n) is 3.39. The van der Waals surface area contributed by atoms with Crippen molar-refractivity contribution in [1.82, 2.24) is 24.5 Å². The Morgan fingerprint density at radius 1 is 0.939 bits per heavy atom. The molecule has 0 aliphatic carbocycles. The highest BCUT2D eigenvalue weighted by Gasteiger charge is 2.15. The van der Waals surface area contributed by atoms with E-state index in [2.05, 4.69) is 10.3 Å². The van der Waals surface area contributed by atoms with Crippen LogP contribution in [-0.2, 0) is 5.75 Å². The molecular formula is C23H16N6O3S. The number of nitrogens with zero attached hydrogens (tertiary/aromatic N) is 6. The highest BCUT2D eigenvalue weighted by atomic mass is 32.2. The summed E-state index contributed by atoms with van der Waals surface area (Å²) in [4.78, 5) is 28.6. The van der Waals surface area contributed by atoms with Crippen LogP contribution < -0.4 is 5.56 Å². The molecule has 0 aliphatic rings. The van der Waals surface area contributed by atoms with Crippen molar-refractivity contribution in [2.24, 2.45) is 0 Å². The molecule has 0 fully saturated rings. The Labute approximate surface area is 191 Å². The van der Waals surface area contributed by atoms with Gasteiger partial charge in [-0.1, -0.05) is 53.4 Å². The molecule has 0 aliphatic heterocycles. The van der Waals surface area contributed by atoms with Gasteiger partial charge in [0.25, 0.3) is 11.2 Å². The summed E-state index contributed by atoms with van der Waals surface area (Å²) in [6.45, 7) is 0. The highest BCUT2D eigenvalue weighted by Crippen LogP contribution is 2.24. The molecule has 9 nitrogen and oxygen atoms in total. The van der Waals surface area contributed by atoms with Crippen LogP contribution in [0.25, 0.3) is 22.3 Å². The minimum absolute atomic E-state index is 0.0221. The molecule has 10 heteroatoms. The SMILES string of the molecule is O=c1c2ccccc2nc(SCc2cn(-c3cccc([N+](=O)[O-])c3)nn2)n1-c1ccccc1. The minimum Gasteiger partial charge on any atom is -0.268 e. The second-order valence-corrected chi connectivity index (χ2v) is 8.05. The van der Waals surface area contributed by atoms with Crippen molar-refractivity contribution in [3.05, 3.63) is 111 Å². The van der Waals surface area contributed by atoms with Crippen molar-refractivity contribution in [1.29, 1.82) is 0 Å². The monoisotopic (exact) mass is 456 g/mol. The standard InChI is InChI=1S/C23H16N6O3S/c30-22-20-11-4-5-12-21(20)24-23(28(22)17-7-2-1-3-8-17)33-15-16-14-27(26-25-16)18-9-6-10-19(13-18)29(31)32/h1-14H,15H2. The Balaban J connectivity index is 1.48. The molecule has 0 N–H and O–H groups in total. The number of thioether (sulfide) groups is 1. The largest absolute Gasteiger partial charge is 0.271 e. The summed E-state index contributed by atoms with van der Waals surface area (Å²) in [5, 5.41) is 20.4. The number of nitro benzene ring substituents is 1. The average Bonchev–Trinajstić information content (AvgIpc) is 3.33. The lowest BCUT2D eigenvalue weighted by molar-refractivity contribution is -0.384. The van der Waals surface area contributed by atoms with Crippen LogP contribution in [0, 0.1) is 10.1 Å². The van der Waals surface area contributed by atoms with Crippen molar-refractivity contribution >= 4 is 28.4 Å². The second-order valence-electron chi connectivity index (χ2n) is 7.11. The van der Waals surface area contributed by atoms with E-state index in [0.29, 0.717) is 33.2 Å². The molecule has 162 valence electrons. The maximum Gasteiger partial charge on any atom is 0.271 e. The van der Waals surface area contributed by atoms with Gasteiger partial charge in [0, 0.05) is 17.9 Å². The first-order chi connectivity index (χ1) is 16.1. The van der Waals surface area contributed by atoms with E-state index >= 15 is 0 Å². The number of non-ortho nitro benzene ring substituents is 1. The van der Waals surface area contributed by atoms with Gasteiger partial charge in [0.2, 0.25) is 0 Å². The van der Waals surface area contributed by atoms with Gasteiger partial charge >= 0.3 is 0 Å². The summed E-state index contributed by atoms with van der Waals surface area (Å²) < 4.78 is 3.08. The Hall–Kier alpha value is -4.31. The first kappa shape index (κ1) is 20.6. The van der Waals surface area contributed by atoms with Gasteiger partial charge in [-0.3, -0.25) is 19.5 Å². The molecular weight excluding hydrogens is 440 g/mol. The summed E-state index contributed by atoms with van der Waals surface area (Å²) >= 11 is 1.37. The molecule has 0 spiro atoms. The van der Waals surface area contributed by atoms with Gasteiger partial charge in [0.1, 0.15) is 0 Å². The molecule has 0 bridgehead atoms. The van der Waals surface area contributed by atoms with Crippen molar-refractivity contribution in [2.45, 2.75) is 10.9 Å². The predicted molar refractivity (Wildman–Crippen MR) is 125 cm³/mol. The van der Waals surface area contributed by atoms with Gasteiger partial charge in [-0.2, -0.15) is 0 Å². The quantitative estimate of drug-likeness (QED) is 0.163. The third kappa shape index (κ3) is 4.11. The Kier molecular flexibility index (Phi) is 5.41. The maximum atomic E-state index is 13.3. The summed E-state index contributed by atoms with van der Waals surface area (Å²) in [6.07, 6.45) is 1.71. The van der Waals surface area contributed by atoms with Gasteiger partial charge in [0.05, 0.1) is 39.1 Å². The lowest BCUT2D eigenvalue weighted by Gasteiger charge is -2.12. The summed E-state index contributed by atoms with van der Waals surface area (Å²) in [5.41, 5.74) is 2.37. The van der Waals surface area contributed by atoms with E-state index in [0.717, 1.165) is 5.69 Å². The van der Waals surface area contributed by atoms with E-state index in [1.165, 1.54) is 28.6 Å². The number of hydrogen-bond donors (Lipinski definition) is 0. The Bertz CT molecular complexity index is 1530. The molecule has 5 rings (SSSR count). The number of benzene rings is 3. The van der Waals surface area contributed by atoms with Crippen LogP contribution in [0.3, 0.4) is 0 Å². The van der Waals surface area contributed by atoms with Crippen molar-refractivity contribution < 1.29 is 4.92 Å². The van der Waals surface area contributed by atoms with Crippen LogP contribution in [0.1, 0.15) is 5.69 Å². The molecule has 33 heavy (non-hydrogen) atoms. The zero-order valence-corrected chi connectivity index (χ0v) is 17.9. The lowest BCUT2D eigenvalue weighted by Crippen LogP contribution is -2.21. The molecule has 0 radical (unpaired) electrons. The number of rotatable bonds is 6. The average molecular weight is 456 g/mol. The van der Waals surface area contributed by atoms with Crippen LogP contribution >= 0.6 is 11.8 Å². The smallest absolute Gasteiger partial charge is 0.268 e. The van der Waals surface area contributed by atoms with E-state index in [4.69, 9.17) is 4.98 Å². The Morgan fingerprint density at radius 2 is 1.70 bits per heavy atom. The van der Waals surface area contributed by atoms with E-state index in [1.807, 2.05) is 48.5 Å². The molecule has 0 saturated carbocycles. The fourth-order valence-corrected chi connectivity index (χ4v) is 4.28. The third-order valence-corrected chi connectivity index (χ3v) is 5.93. The van der Waals surface area contributed by atoms with E-state index in [9.17, 15) is 14.9 Å². The van der Waals surface area contributed by atoms with Gasteiger partial charge < -0.3 is 0 Å². The first-order valence-corrected chi connectivity index (χ1v) is 10.9. The zero-order chi connectivity index (χ0) is 22.8. The summed E-state index contributed by atoms with van der Waals surface area (Å²) in [6, 6.07) is 22.8. The van der Waals surface area contributed by atoms with E-state index in [1.54, 1.807) is 29.0 Å². The lowest BCUT2D eigenvalue weighted by atomic mass is 10.2. The normalized spacial score (nSPS) is 11.0. The molecule has 2 aromatic heterocycles. The topological polar surface area (TPSA) is 109 Å². The zero-order valence-electron chi connectivity index (χ0n) is 17.1. The van der Waals surface area contributed by atoms with Crippen LogP contribution in [0.15, 0.2) is 95.0 Å². The molecule has 2 heterocycles. The number of hydrogen-bond acceptors (Lipinski definition) is 7. The van der Waals surface area contributed by atoms with E-state index < -0.39 is 4.92 Å². The van der Waals surface area contributed by atoms with Gasteiger partial charge in [-0.15, -0.1) is 5.10 Å². The maximum absolute atomic E-state index is 13.3. The molecule has 0 atom stereocenters. The van der Waals surface area contributed by atoms with Crippen molar-refractivity contribution in [3.63, 3.8) is 0 Å². The molecule has 0 saturated heterocycles. The minimum atomic E-state index is -0.453. The summed E-state index contributed by atoms with van der Waals surface area (Å²) in [5.74, 6) is 0.409. The molecule has 0 amide bonds. The van der Waals surface area contributed by atoms with E-state index in [-0.39, 0.29) is 11.2 Å². The predicted octanol–water partition coefficient (Wildman–Crippen LogP) is 4.17. The second kappa shape index (κ2) is 8.67. The van der Waals surface area contributed by atoms with Gasteiger partial charge in [-0.25, -0.2) is 9.67 Å². The molecule has 0 unspecified atom stereocenters. The third-order valence-electron chi connectivity index (χ3n) is 4.95. The van der Waals surface area contributed by atoms with Crippen molar-refractivity contribution in [3.8, 4) is 11.4 Å². The van der Waals surface area contributed by atoms with Crippen LogP contribution in [0.5, 0.6) is 0 Å². The molecule has 3 aromatic carbocycles. The fraction of sp³-hybridized carbons (Fsp3) is 0.0435. The number of aromatic nitrogens is 5. The first-order valence-electron chi connectivity index (χ1n) is 9.96. The Morgan fingerprint density at radius 3 is 2.52 bits per heavy atom. The number of para-hydroxylation sites is 2. The molecule has 5 aromatic rings. The van der Waals surface area contributed by atoms with Gasteiger partial charge in [0.15, 0.2) is 5.16 Å². The number of nitro groups is 1. The van der Waals surface area contributed by atoms with Crippen LogP contribution in [0.2, 0.25) is 0 Å². The van der Waals surface area contributed by atoms with Crippen LogP contribution in [0.4, 0.5) is 5.69 Å². The number of fused-ring (bicyclic) bond motifs is 1. The van der Waals surface area contributed by atoms with Gasteiger partial charge in [-0.05, 0) is 30.3 Å². The van der Waals surface area contributed by atoms with Crippen LogP contribution in [-0.4, -0.2) is 29.5 Å². The summed E-state index contributed by atoms with van der Waals surface area (Å²) in [7, 11) is 0. The van der Waals surface area contributed by atoms with Crippen molar-refractivity contribution in [2.75, 3.05) is 0 Å².